The summed E-state index contributed by atoms with van der Waals surface area (Å²) in [6, 6.07) is 8.52. The smallest absolute Gasteiger partial charge is 0.255 e. The summed E-state index contributed by atoms with van der Waals surface area (Å²) < 4.78 is 22.8. The van der Waals surface area contributed by atoms with Crippen molar-refractivity contribution in [3.63, 3.8) is 0 Å². The van der Waals surface area contributed by atoms with Gasteiger partial charge in [0.2, 0.25) is 10.0 Å². The lowest BCUT2D eigenvalue weighted by molar-refractivity contribution is 0.0635. The molecule has 136 valence electrons. The van der Waals surface area contributed by atoms with Crippen LogP contribution in [0.4, 0.5) is 0 Å². The molecule has 1 aromatic carbocycles. The average Bonchev–Trinajstić information content (AvgIpc) is 3.05. The molecule has 0 radical (unpaired) electrons. The fourth-order valence-electron chi connectivity index (χ4n) is 2.71. The van der Waals surface area contributed by atoms with Crippen LogP contribution in [0.15, 0.2) is 39.9 Å². The van der Waals surface area contributed by atoms with E-state index in [0.29, 0.717) is 30.2 Å². The molecule has 1 unspecified atom stereocenters. The summed E-state index contributed by atoms with van der Waals surface area (Å²) in [6.45, 7) is 1.76. The van der Waals surface area contributed by atoms with E-state index >= 15 is 0 Å². The zero-order chi connectivity index (χ0) is 17.3. The Morgan fingerprint density at radius 3 is 2.72 bits per heavy atom. The van der Waals surface area contributed by atoms with Crippen LogP contribution in [-0.2, 0) is 10.0 Å². The number of carbonyl (C=O) groups excluding carboxylic acids is 1. The third kappa shape index (κ3) is 4.33. The molecule has 2 heterocycles. The molecule has 1 aromatic heterocycles. The fourth-order valence-corrected chi connectivity index (χ4v) is 4.56. The second kappa shape index (κ2) is 8.03. The van der Waals surface area contributed by atoms with E-state index in [4.69, 9.17) is 16.7 Å². The predicted octanol–water partition coefficient (Wildman–Crippen LogP) is 2.26. The second-order valence-electron chi connectivity index (χ2n) is 5.44. The van der Waals surface area contributed by atoms with E-state index in [1.54, 1.807) is 11.0 Å². The van der Waals surface area contributed by atoms with Crippen molar-refractivity contribution >= 4 is 51.3 Å². The normalized spacial score (nSPS) is 17.8. The van der Waals surface area contributed by atoms with Crippen molar-refractivity contribution in [2.75, 3.05) is 19.6 Å². The zero-order valence-electron chi connectivity index (χ0n) is 13.0. The Bertz CT molecular complexity index is 870. The van der Waals surface area contributed by atoms with E-state index in [-0.39, 0.29) is 28.6 Å². The Morgan fingerprint density at radius 2 is 2.08 bits per heavy atom. The van der Waals surface area contributed by atoms with Crippen LogP contribution >= 0.6 is 35.3 Å². The molecule has 1 aliphatic rings. The van der Waals surface area contributed by atoms with Crippen LogP contribution < -0.4 is 10.5 Å². The first-order valence-electron chi connectivity index (χ1n) is 7.25. The third-order valence-electron chi connectivity index (χ3n) is 3.87. The molecule has 0 aliphatic carbocycles. The highest BCUT2D eigenvalue weighted by molar-refractivity contribution is 7.91. The first-order chi connectivity index (χ1) is 11.4. The van der Waals surface area contributed by atoms with Crippen molar-refractivity contribution in [1.29, 1.82) is 0 Å². The van der Waals surface area contributed by atoms with Crippen molar-refractivity contribution in [1.82, 2.24) is 10.2 Å². The van der Waals surface area contributed by atoms with Crippen molar-refractivity contribution in [2.24, 2.45) is 5.14 Å². The number of sulfonamides is 1. The number of thiophene rings is 1. The molecule has 0 saturated carbocycles. The number of benzene rings is 1. The fraction of sp³-hybridized carbons (Fsp3) is 0.267. The van der Waals surface area contributed by atoms with Gasteiger partial charge in [-0.1, -0.05) is 29.8 Å². The molecular formula is C15H17Cl2N3O3S2. The van der Waals surface area contributed by atoms with E-state index in [2.05, 4.69) is 5.32 Å². The van der Waals surface area contributed by atoms with Gasteiger partial charge in [0, 0.05) is 30.0 Å². The monoisotopic (exact) mass is 421 g/mol. The summed E-state index contributed by atoms with van der Waals surface area (Å²) in [5.41, 5.74) is 1.18. The zero-order valence-corrected chi connectivity index (χ0v) is 16.2. The van der Waals surface area contributed by atoms with Crippen LogP contribution in [0, 0.1) is 0 Å². The molecule has 3 N–H and O–H groups in total. The van der Waals surface area contributed by atoms with Gasteiger partial charge >= 0.3 is 0 Å². The van der Waals surface area contributed by atoms with Crippen LogP contribution in [0.3, 0.4) is 0 Å². The molecular weight excluding hydrogens is 405 g/mol. The molecule has 3 rings (SSSR count). The van der Waals surface area contributed by atoms with Crippen LogP contribution in [0.25, 0.3) is 0 Å². The second-order valence-corrected chi connectivity index (χ2v) is 8.55. The van der Waals surface area contributed by atoms with Crippen molar-refractivity contribution < 1.29 is 13.2 Å². The lowest BCUT2D eigenvalue weighted by Gasteiger charge is -2.36. The summed E-state index contributed by atoms with van der Waals surface area (Å²) in [5.74, 6) is -0.229. The molecule has 0 bridgehead atoms. The molecule has 1 fully saturated rings. The van der Waals surface area contributed by atoms with E-state index in [9.17, 15) is 13.2 Å². The minimum absolute atomic E-state index is 0. The number of nitrogens with two attached hydrogens (primary N) is 1. The SMILES string of the molecule is Cl.NS(=O)(=O)c1cc(C(=O)N2CCNCC2c2ccccc2Cl)cs1. The number of nitrogens with one attached hydrogen (secondary N) is 1. The largest absolute Gasteiger partial charge is 0.329 e. The van der Waals surface area contributed by atoms with Crippen LogP contribution in [0.1, 0.15) is 22.0 Å². The number of primary sulfonamides is 1. The first-order valence-corrected chi connectivity index (χ1v) is 10.1. The van der Waals surface area contributed by atoms with Gasteiger partial charge in [0.15, 0.2) is 0 Å². The molecule has 10 heteroatoms. The molecule has 6 nitrogen and oxygen atoms in total. The number of piperazine rings is 1. The Kier molecular flexibility index (Phi) is 6.47. The van der Waals surface area contributed by atoms with Gasteiger partial charge in [-0.2, -0.15) is 0 Å². The summed E-state index contributed by atoms with van der Waals surface area (Å²) in [4.78, 5) is 14.6. The van der Waals surface area contributed by atoms with E-state index in [0.717, 1.165) is 16.9 Å². The molecule has 0 spiro atoms. The third-order valence-corrected chi connectivity index (χ3v) is 6.60. The average molecular weight is 422 g/mol. The number of hydrogen-bond donors (Lipinski definition) is 2. The van der Waals surface area contributed by atoms with E-state index in [1.807, 2.05) is 18.2 Å². The van der Waals surface area contributed by atoms with Crippen molar-refractivity contribution in [3.8, 4) is 0 Å². The Morgan fingerprint density at radius 1 is 1.36 bits per heavy atom. The van der Waals surface area contributed by atoms with Gasteiger partial charge in [-0.25, -0.2) is 13.6 Å². The molecule has 1 aliphatic heterocycles. The van der Waals surface area contributed by atoms with Gasteiger partial charge in [-0.05, 0) is 17.7 Å². The van der Waals surface area contributed by atoms with Crippen molar-refractivity contribution in [2.45, 2.75) is 10.3 Å². The quantitative estimate of drug-likeness (QED) is 0.794. The van der Waals surface area contributed by atoms with Gasteiger partial charge in [0.05, 0.1) is 11.6 Å². The maximum atomic E-state index is 12.9. The predicted molar refractivity (Wildman–Crippen MR) is 101 cm³/mol. The van der Waals surface area contributed by atoms with E-state index < -0.39 is 10.0 Å². The number of halogens is 2. The highest BCUT2D eigenvalue weighted by atomic mass is 35.5. The maximum Gasteiger partial charge on any atom is 0.255 e. The van der Waals surface area contributed by atoms with Crippen LogP contribution in [0.5, 0.6) is 0 Å². The number of carbonyl (C=O) groups is 1. The van der Waals surface area contributed by atoms with Gasteiger partial charge < -0.3 is 10.2 Å². The molecule has 1 amide bonds. The number of hydrogen-bond acceptors (Lipinski definition) is 5. The topological polar surface area (TPSA) is 92.5 Å². The van der Waals surface area contributed by atoms with Crippen LogP contribution in [0.2, 0.25) is 5.02 Å². The minimum atomic E-state index is -3.80. The van der Waals surface area contributed by atoms with Crippen LogP contribution in [-0.4, -0.2) is 38.9 Å². The van der Waals surface area contributed by atoms with Gasteiger partial charge in [-0.15, -0.1) is 23.7 Å². The Hall–Kier alpha value is -1.16. The van der Waals surface area contributed by atoms with Gasteiger partial charge in [0.1, 0.15) is 4.21 Å². The summed E-state index contributed by atoms with van der Waals surface area (Å²) in [6.07, 6.45) is 0. The number of rotatable bonds is 3. The van der Waals surface area contributed by atoms with Gasteiger partial charge in [0.25, 0.3) is 5.91 Å². The lowest BCUT2D eigenvalue weighted by Crippen LogP contribution is -2.48. The summed E-state index contributed by atoms with van der Waals surface area (Å²) >= 11 is 7.22. The highest BCUT2D eigenvalue weighted by Crippen LogP contribution is 2.30. The Labute approximate surface area is 161 Å². The maximum absolute atomic E-state index is 12.9. The number of amides is 1. The minimum Gasteiger partial charge on any atom is -0.329 e. The summed E-state index contributed by atoms with van der Waals surface area (Å²) in [5, 5.41) is 10.5. The van der Waals surface area contributed by atoms with E-state index in [1.165, 1.54) is 11.4 Å². The summed E-state index contributed by atoms with van der Waals surface area (Å²) in [7, 11) is -3.80. The lowest BCUT2D eigenvalue weighted by atomic mass is 10.0. The molecule has 25 heavy (non-hydrogen) atoms. The Balaban J connectivity index is 0.00000225. The van der Waals surface area contributed by atoms with Crippen molar-refractivity contribution in [3.05, 3.63) is 51.9 Å². The standard InChI is InChI=1S/C15H16ClN3O3S2.ClH/c16-12-4-2-1-3-11(12)13-8-18-5-6-19(13)15(20)10-7-14(23-9-10)24(17,21)22;/h1-4,7,9,13,18H,5-6,8H2,(H2,17,21,22);1H. The highest BCUT2D eigenvalue weighted by Gasteiger charge is 2.30. The number of nitrogens with zero attached hydrogens (tertiary/aromatic N) is 1. The molecule has 2 aromatic rings. The first kappa shape index (κ1) is 20.2. The van der Waals surface area contributed by atoms with Gasteiger partial charge in [-0.3, -0.25) is 4.79 Å². The molecule has 1 atom stereocenters. The molecule has 1 saturated heterocycles.